The third-order valence-electron chi connectivity index (χ3n) is 2.70. The molecule has 0 amide bonds. The van der Waals surface area contributed by atoms with E-state index in [0.717, 1.165) is 0 Å². The fourth-order valence-electron chi connectivity index (χ4n) is 1.60. The molecule has 0 aliphatic heterocycles. The minimum absolute atomic E-state index is 0.0370. The van der Waals surface area contributed by atoms with E-state index < -0.39 is 9.84 Å². The van der Waals surface area contributed by atoms with Crippen LogP contribution < -0.4 is 15.4 Å². The molecule has 1 aromatic rings. The number of ether oxygens (including phenoxy) is 1. The summed E-state index contributed by atoms with van der Waals surface area (Å²) in [6.45, 7) is 2.61. The Morgan fingerprint density at radius 1 is 1.32 bits per heavy atom. The van der Waals surface area contributed by atoms with Crippen molar-refractivity contribution in [3.63, 3.8) is 0 Å². The number of nitrogens with one attached hydrogen (secondary N) is 2. The van der Waals surface area contributed by atoms with Crippen LogP contribution in [0.2, 0.25) is 0 Å². The first kappa shape index (κ1) is 18.2. The number of sulfone groups is 1. The monoisotopic (exact) mass is 331 g/mol. The summed E-state index contributed by atoms with van der Waals surface area (Å²) in [5.41, 5.74) is 0. The Balaban J connectivity index is 2.34. The predicted molar refractivity (Wildman–Crippen MR) is 85.6 cm³/mol. The first-order valence-electron chi connectivity index (χ1n) is 6.84. The van der Waals surface area contributed by atoms with Crippen LogP contribution in [-0.4, -0.2) is 52.6 Å². The van der Waals surface area contributed by atoms with Crippen LogP contribution in [0.4, 0.5) is 4.39 Å². The summed E-state index contributed by atoms with van der Waals surface area (Å²) in [7, 11) is -1.41. The molecule has 0 aromatic heterocycles. The zero-order valence-corrected chi connectivity index (χ0v) is 13.8. The molecule has 0 saturated heterocycles. The molecular formula is C14H22FN3O3S. The lowest BCUT2D eigenvalue weighted by molar-refractivity contribution is 0.223. The summed E-state index contributed by atoms with van der Waals surface area (Å²) in [5.74, 6) is 0.803. The van der Waals surface area contributed by atoms with Gasteiger partial charge < -0.3 is 15.4 Å². The summed E-state index contributed by atoms with van der Waals surface area (Å²) in [5, 5.41) is 5.94. The summed E-state index contributed by atoms with van der Waals surface area (Å²) in [6, 6.07) is 5.79. The van der Waals surface area contributed by atoms with Crippen LogP contribution in [-0.2, 0) is 9.84 Å². The molecule has 0 saturated carbocycles. The molecule has 1 rings (SSSR count). The first-order chi connectivity index (χ1) is 10.3. The molecule has 0 fully saturated rings. The van der Waals surface area contributed by atoms with E-state index in [-0.39, 0.29) is 24.2 Å². The maximum absolute atomic E-state index is 12.8. The lowest BCUT2D eigenvalue weighted by Gasteiger charge is -2.17. The lowest BCUT2D eigenvalue weighted by atomic mass is 10.3. The molecule has 0 aliphatic carbocycles. The maximum atomic E-state index is 12.8. The Morgan fingerprint density at radius 3 is 2.50 bits per heavy atom. The van der Waals surface area contributed by atoms with Crippen LogP contribution in [0.1, 0.15) is 6.92 Å². The molecule has 6 nitrogen and oxygen atoms in total. The predicted octanol–water partition coefficient (Wildman–Crippen LogP) is 0.803. The molecule has 0 bridgehead atoms. The fraction of sp³-hybridized carbons (Fsp3) is 0.500. The topological polar surface area (TPSA) is 79.8 Å². The van der Waals surface area contributed by atoms with E-state index in [0.29, 0.717) is 18.3 Å². The highest BCUT2D eigenvalue weighted by Crippen LogP contribution is 2.12. The smallest absolute Gasteiger partial charge is 0.191 e. The van der Waals surface area contributed by atoms with Gasteiger partial charge in [0.05, 0.1) is 12.3 Å². The Bertz CT molecular complexity index is 588. The lowest BCUT2D eigenvalue weighted by Crippen LogP contribution is -2.43. The summed E-state index contributed by atoms with van der Waals surface area (Å²) < 4.78 is 40.5. The van der Waals surface area contributed by atoms with Crippen molar-refractivity contribution in [2.75, 3.05) is 32.1 Å². The van der Waals surface area contributed by atoms with E-state index in [9.17, 15) is 12.8 Å². The molecule has 0 spiro atoms. The van der Waals surface area contributed by atoms with Crippen molar-refractivity contribution >= 4 is 15.8 Å². The van der Waals surface area contributed by atoms with E-state index in [4.69, 9.17) is 4.74 Å². The molecule has 0 radical (unpaired) electrons. The molecule has 1 unspecified atom stereocenters. The molecule has 1 aromatic carbocycles. The van der Waals surface area contributed by atoms with E-state index in [1.165, 1.54) is 18.4 Å². The van der Waals surface area contributed by atoms with Crippen LogP contribution in [0.3, 0.4) is 0 Å². The maximum Gasteiger partial charge on any atom is 0.191 e. The molecule has 0 aliphatic rings. The number of nitrogens with zero attached hydrogens (tertiary/aromatic N) is 1. The minimum atomic E-state index is -3.00. The standard InChI is InChI=1S/C14H22FN3O3S/c1-11(21-13-6-4-12(15)5-7-13)10-18-14(16-2)17-8-9-22(3,19)20/h4-7,11H,8-10H2,1-3H3,(H2,16,17,18). The highest BCUT2D eigenvalue weighted by atomic mass is 32.2. The Morgan fingerprint density at radius 2 is 1.95 bits per heavy atom. The summed E-state index contributed by atoms with van der Waals surface area (Å²) in [6.07, 6.45) is 1.02. The highest BCUT2D eigenvalue weighted by molar-refractivity contribution is 7.90. The van der Waals surface area contributed by atoms with Gasteiger partial charge in [0.15, 0.2) is 5.96 Å². The zero-order chi connectivity index (χ0) is 16.6. The number of halogens is 1. The molecule has 1 atom stereocenters. The van der Waals surface area contributed by atoms with Gasteiger partial charge in [0, 0.05) is 19.8 Å². The second-order valence-electron chi connectivity index (χ2n) is 4.89. The molecule has 22 heavy (non-hydrogen) atoms. The van der Waals surface area contributed by atoms with Gasteiger partial charge in [0.2, 0.25) is 0 Å². The van der Waals surface area contributed by atoms with Crippen molar-refractivity contribution < 1.29 is 17.5 Å². The number of aliphatic imine (C=N–C) groups is 1. The first-order valence-corrected chi connectivity index (χ1v) is 8.90. The van der Waals surface area contributed by atoms with Gasteiger partial charge in [-0.15, -0.1) is 0 Å². The molecule has 124 valence electrons. The Labute approximate surface area is 130 Å². The zero-order valence-electron chi connectivity index (χ0n) is 13.0. The van der Waals surface area contributed by atoms with Crippen molar-refractivity contribution in [3.05, 3.63) is 30.1 Å². The molecule has 0 heterocycles. The Hall–Kier alpha value is -1.83. The van der Waals surface area contributed by atoms with Crippen LogP contribution in [0.5, 0.6) is 5.75 Å². The van der Waals surface area contributed by atoms with Crippen molar-refractivity contribution in [2.45, 2.75) is 13.0 Å². The second-order valence-corrected chi connectivity index (χ2v) is 7.15. The average Bonchev–Trinajstić information content (AvgIpc) is 2.44. The van der Waals surface area contributed by atoms with Gasteiger partial charge in [-0.1, -0.05) is 0 Å². The van der Waals surface area contributed by atoms with Crippen LogP contribution >= 0.6 is 0 Å². The normalized spacial score (nSPS) is 13.5. The van der Waals surface area contributed by atoms with Gasteiger partial charge in [-0.25, -0.2) is 12.8 Å². The Kier molecular flexibility index (Phi) is 7.10. The molecular weight excluding hydrogens is 309 g/mol. The average molecular weight is 331 g/mol. The van der Waals surface area contributed by atoms with Crippen molar-refractivity contribution in [1.29, 1.82) is 0 Å². The van der Waals surface area contributed by atoms with Gasteiger partial charge in [-0.3, -0.25) is 4.99 Å². The molecule has 8 heteroatoms. The van der Waals surface area contributed by atoms with Crippen molar-refractivity contribution in [2.24, 2.45) is 4.99 Å². The number of hydrogen-bond donors (Lipinski definition) is 2. The third kappa shape index (κ3) is 7.82. The van der Waals surface area contributed by atoms with E-state index in [1.807, 2.05) is 6.92 Å². The minimum Gasteiger partial charge on any atom is -0.489 e. The summed E-state index contributed by atoms with van der Waals surface area (Å²) >= 11 is 0. The van der Waals surface area contributed by atoms with E-state index >= 15 is 0 Å². The molecule has 2 N–H and O–H groups in total. The fourth-order valence-corrected chi connectivity index (χ4v) is 2.08. The van der Waals surface area contributed by atoms with Gasteiger partial charge in [0.25, 0.3) is 0 Å². The van der Waals surface area contributed by atoms with Crippen LogP contribution in [0.25, 0.3) is 0 Å². The van der Waals surface area contributed by atoms with Crippen molar-refractivity contribution in [1.82, 2.24) is 10.6 Å². The largest absolute Gasteiger partial charge is 0.489 e. The quantitative estimate of drug-likeness (QED) is 0.571. The van der Waals surface area contributed by atoms with Gasteiger partial charge in [0.1, 0.15) is 27.5 Å². The van der Waals surface area contributed by atoms with Gasteiger partial charge >= 0.3 is 0 Å². The van der Waals surface area contributed by atoms with Crippen LogP contribution in [0, 0.1) is 5.82 Å². The number of guanidine groups is 1. The second kappa shape index (κ2) is 8.57. The van der Waals surface area contributed by atoms with E-state index in [1.54, 1.807) is 19.2 Å². The highest BCUT2D eigenvalue weighted by Gasteiger charge is 2.07. The van der Waals surface area contributed by atoms with Gasteiger partial charge in [-0.05, 0) is 31.2 Å². The summed E-state index contributed by atoms with van der Waals surface area (Å²) in [4.78, 5) is 3.99. The van der Waals surface area contributed by atoms with E-state index in [2.05, 4.69) is 15.6 Å². The number of benzene rings is 1. The number of rotatable bonds is 7. The third-order valence-corrected chi connectivity index (χ3v) is 3.64. The van der Waals surface area contributed by atoms with Gasteiger partial charge in [-0.2, -0.15) is 0 Å². The SMILES string of the molecule is CN=C(NCCS(C)(=O)=O)NCC(C)Oc1ccc(F)cc1. The van der Waals surface area contributed by atoms with Crippen molar-refractivity contribution in [3.8, 4) is 5.75 Å². The van der Waals surface area contributed by atoms with Crippen LogP contribution in [0.15, 0.2) is 29.3 Å². The number of hydrogen-bond acceptors (Lipinski definition) is 4.